The van der Waals surface area contributed by atoms with Crippen molar-refractivity contribution in [1.82, 2.24) is 15.2 Å². The van der Waals surface area contributed by atoms with Gasteiger partial charge in [0.2, 0.25) is 11.8 Å². The van der Waals surface area contributed by atoms with Gasteiger partial charge in [0, 0.05) is 25.2 Å². The standard InChI is InChI=1S/C25H28F3N5O2.2ClH/c1-15(23(34)32-14-17-6-8-20-18(12-17)10-11-31-22(20)30)33(2)24(35)21(29)9-7-16-4-3-5-19(13-16)25(26,27)28;;/h3-6,8,10-13,15,21H,7,9,14,29H2,1-2H3,(H2,30,31)(H,32,34);2*1H/t15-,21+;;/m0../s1. The molecule has 2 amide bonds. The summed E-state index contributed by atoms with van der Waals surface area (Å²) in [6.07, 6.45) is -2.48. The van der Waals surface area contributed by atoms with Crippen molar-refractivity contribution >= 4 is 53.2 Å². The fraction of sp³-hybridized carbons (Fsp3) is 0.320. The molecule has 7 nitrogen and oxygen atoms in total. The molecule has 0 saturated carbocycles. The van der Waals surface area contributed by atoms with E-state index in [4.69, 9.17) is 11.5 Å². The van der Waals surface area contributed by atoms with Crippen molar-refractivity contribution in [3.05, 3.63) is 71.4 Å². The Morgan fingerprint density at radius 3 is 2.46 bits per heavy atom. The quantitative estimate of drug-likeness (QED) is 0.384. The number of anilines is 1. The van der Waals surface area contributed by atoms with Gasteiger partial charge in [-0.15, -0.1) is 24.8 Å². The van der Waals surface area contributed by atoms with E-state index in [0.717, 1.165) is 28.5 Å². The number of halogens is 5. The highest BCUT2D eigenvalue weighted by atomic mass is 35.5. The lowest BCUT2D eigenvalue weighted by molar-refractivity contribution is -0.139. The molecular formula is C25H30Cl2F3N5O2. The SMILES string of the molecule is C[C@@H](C(=O)NCc1ccc2c(N)nccc2c1)N(C)C(=O)[C@H](N)CCc1cccc(C(F)(F)F)c1.Cl.Cl. The normalized spacial score (nSPS) is 12.6. The predicted octanol–water partition coefficient (Wildman–Crippen LogP) is 4.10. The number of nitrogens with two attached hydrogens (primary N) is 2. The smallest absolute Gasteiger partial charge is 0.383 e. The highest BCUT2D eigenvalue weighted by molar-refractivity contribution is 5.91. The molecule has 12 heteroatoms. The van der Waals surface area contributed by atoms with E-state index in [1.165, 1.54) is 18.0 Å². The fourth-order valence-electron chi connectivity index (χ4n) is 3.67. The van der Waals surface area contributed by atoms with Gasteiger partial charge in [-0.3, -0.25) is 9.59 Å². The van der Waals surface area contributed by atoms with Gasteiger partial charge in [0.1, 0.15) is 11.9 Å². The van der Waals surface area contributed by atoms with Crippen LogP contribution in [0.25, 0.3) is 10.8 Å². The molecule has 3 rings (SSSR count). The van der Waals surface area contributed by atoms with Crippen molar-refractivity contribution in [2.45, 2.75) is 44.6 Å². The number of carbonyl (C=O) groups is 2. The molecule has 0 bridgehead atoms. The summed E-state index contributed by atoms with van der Waals surface area (Å²) < 4.78 is 38.7. The number of hydrogen-bond donors (Lipinski definition) is 3. The zero-order chi connectivity index (χ0) is 25.8. The van der Waals surface area contributed by atoms with Crippen molar-refractivity contribution in [3.8, 4) is 0 Å². The zero-order valence-electron chi connectivity index (χ0n) is 20.3. The van der Waals surface area contributed by atoms with Crippen LogP contribution in [0.4, 0.5) is 19.0 Å². The van der Waals surface area contributed by atoms with Crippen molar-refractivity contribution in [3.63, 3.8) is 0 Å². The lowest BCUT2D eigenvalue weighted by Crippen LogP contribution is -2.51. The number of nitrogens with zero attached hydrogens (tertiary/aromatic N) is 2. The van der Waals surface area contributed by atoms with Crippen LogP contribution in [-0.4, -0.2) is 40.8 Å². The Kier molecular flexibility index (Phi) is 11.6. The lowest BCUT2D eigenvalue weighted by Gasteiger charge is -2.27. The highest BCUT2D eigenvalue weighted by Crippen LogP contribution is 2.29. The van der Waals surface area contributed by atoms with Crippen LogP contribution in [0, 0.1) is 0 Å². The third-order valence-electron chi connectivity index (χ3n) is 5.95. The first kappa shape index (κ1) is 31.9. The van der Waals surface area contributed by atoms with E-state index in [1.807, 2.05) is 24.3 Å². The zero-order valence-corrected chi connectivity index (χ0v) is 21.9. The Balaban J connectivity index is 0.00000342. The Morgan fingerprint density at radius 1 is 1.08 bits per heavy atom. The molecule has 37 heavy (non-hydrogen) atoms. The number of rotatable bonds is 8. The first-order valence-corrected chi connectivity index (χ1v) is 11.1. The van der Waals surface area contributed by atoms with E-state index in [9.17, 15) is 22.8 Å². The monoisotopic (exact) mass is 559 g/mol. The minimum atomic E-state index is -4.44. The number of hydrogen-bond acceptors (Lipinski definition) is 5. The number of pyridine rings is 1. The molecule has 0 spiro atoms. The van der Waals surface area contributed by atoms with Crippen LogP contribution in [0.1, 0.15) is 30.0 Å². The van der Waals surface area contributed by atoms with Gasteiger partial charge in [-0.25, -0.2) is 4.98 Å². The fourth-order valence-corrected chi connectivity index (χ4v) is 3.67. The number of aromatic nitrogens is 1. The van der Waals surface area contributed by atoms with Crippen molar-refractivity contribution in [1.29, 1.82) is 0 Å². The number of benzene rings is 2. The van der Waals surface area contributed by atoms with Crippen LogP contribution in [0.15, 0.2) is 54.7 Å². The summed E-state index contributed by atoms with van der Waals surface area (Å²) in [7, 11) is 1.47. The molecule has 202 valence electrons. The molecule has 2 atom stereocenters. The molecule has 5 N–H and O–H groups in total. The number of carbonyl (C=O) groups excluding carboxylic acids is 2. The maximum absolute atomic E-state index is 12.9. The summed E-state index contributed by atoms with van der Waals surface area (Å²) in [5.74, 6) is -0.398. The maximum atomic E-state index is 12.9. The number of nitrogen functional groups attached to an aromatic ring is 1. The van der Waals surface area contributed by atoms with E-state index in [1.54, 1.807) is 19.2 Å². The van der Waals surface area contributed by atoms with Crippen molar-refractivity contribution in [2.24, 2.45) is 5.73 Å². The highest BCUT2D eigenvalue weighted by Gasteiger charge is 2.30. The molecule has 0 aliphatic carbocycles. The molecule has 1 heterocycles. The molecule has 0 aliphatic rings. The molecule has 0 radical (unpaired) electrons. The summed E-state index contributed by atoms with van der Waals surface area (Å²) in [6.45, 7) is 1.84. The van der Waals surface area contributed by atoms with Crippen LogP contribution in [0.3, 0.4) is 0 Å². The van der Waals surface area contributed by atoms with Crippen LogP contribution in [-0.2, 0) is 28.7 Å². The third kappa shape index (κ3) is 8.21. The molecular weight excluding hydrogens is 530 g/mol. The predicted molar refractivity (Wildman–Crippen MR) is 142 cm³/mol. The van der Waals surface area contributed by atoms with Gasteiger partial charge in [0.15, 0.2) is 0 Å². The Bertz CT molecular complexity index is 1230. The second kappa shape index (κ2) is 13.5. The molecule has 0 aliphatic heterocycles. The van der Waals surface area contributed by atoms with Crippen LogP contribution < -0.4 is 16.8 Å². The van der Waals surface area contributed by atoms with E-state index < -0.39 is 29.7 Å². The molecule has 0 unspecified atom stereocenters. The first-order chi connectivity index (χ1) is 16.5. The third-order valence-corrected chi connectivity index (χ3v) is 5.95. The average molecular weight is 560 g/mol. The maximum Gasteiger partial charge on any atom is 0.416 e. The molecule has 3 aromatic rings. The summed E-state index contributed by atoms with van der Waals surface area (Å²) in [6, 6.07) is 10.6. The Labute approximate surface area is 225 Å². The topological polar surface area (TPSA) is 114 Å². The van der Waals surface area contributed by atoms with Gasteiger partial charge in [-0.05, 0) is 54.5 Å². The van der Waals surface area contributed by atoms with Gasteiger partial charge in [-0.2, -0.15) is 13.2 Å². The first-order valence-electron chi connectivity index (χ1n) is 11.1. The van der Waals surface area contributed by atoms with Gasteiger partial charge < -0.3 is 21.7 Å². The number of amides is 2. The summed E-state index contributed by atoms with van der Waals surface area (Å²) >= 11 is 0. The average Bonchev–Trinajstić information content (AvgIpc) is 2.84. The van der Waals surface area contributed by atoms with Gasteiger partial charge in [0.25, 0.3) is 0 Å². The number of nitrogens with one attached hydrogen (secondary N) is 1. The lowest BCUT2D eigenvalue weighted by atomic mass is 10.0. The number of likely N-dealkylation sites (N-methyl/N-ethyl adjacent to an activating group) is 1. The number of alkyl halides is 3. The van der Waals surface area contributed by atoms with E-state index in [2.05, 4.69) is 10.3 Å². The van der Waals surface area contributed by atoms with Crippen LogP contribution in [0.2, 0.25) is 0 Å². The van der Waals surface area contributed by atoms with Crippen LogP contribution in [0.5, 0.6) is 0 Å². The Morgan fingerprint density at radius 2 is 1.78 bits per heavy atom. The van der Waals surface area contributed by atoms with Crippen molar-refractivity contribution < 1.29 is 22.8 Å². The molecule has 2 aromatic carbocycles. The largest absolute Gasteiger partial charge is 0.416 e. The summed E-state index contributed by atoms with van der Waals surface area (Å²) in [4.78, 5) is 30.6. The second-order valence-electron chi connectivity index (χ2n) is 8.44. The molecule has 1 aromatic heterocycles. The van der Waals surface area contributed by atoms with Gasteiger partial charge >= 0.3 is 6.18 Å². The van der Waals surface area contributed by atoms with E-state index in [0.29, 0.717) is 11.4 Å². The summed E-state index contributed by atoms with van der Waals surface area (Å²) in [5, 5.41) is 4.52. The molecule has 0 saturated heterocycles. The van der Waals surface area contributed by atoms with E-state index >= 15 is 0 Å². The van der Waals surface area contributed by atoms with Gasteiger partial charge in [0.05, 0.1) is 11.6 Å². The van der Waals surface area contributed by atoms with Gasteiger partial charge in [-0.1, -0.05) is 30.3 Å². The summed E-state index contributed by atoms with van der Waals surface area (Å²) in [5.41, 5.74) is 12.4. The number of aryl methyl sites for hydroxylation is 1. The van der Waals surface area contributed by atoms with Crippen molar-refractivity contribution in [2.75, 3.05) is 12.8 Å². The second-order valence-corrected chi connectivity index (χ2v) is 8.44. The number of fused-ring (bicyclic) bond motifs is 1. The molecule has 0 fully saturated rings. The van der Waals surface area contributed by atoms with E-state index in [-0.39, 0.29) is 50.1 Å². The van der Waals surface area contributed by atoms with Crippen LogP contribution >= 0.6 is 24.8 Å². The minimum Gasteiger partial charge on any atom is -0.383 e. The Hall–Kier alpha value is -3.08. The minimum absolute atomic E-state index is 0.